The minimum absolute atomic E-state index is 0.777. The Morgan fingerprint density at radius 1 is 0.619 bits per heavy atom. The van der Waals surface area contributed by atoms with Crippen molar-refractivity contribution in [1.29, 1.82) is 0 Å². The van der Waals surface area contributed by atoms with E-state index in [1.807, 2.05) is 13.8 Å². The Balaban J connectivity index is 4.38. The molecule has 0 unspecified atom stereocenters. The zero-order chi connectivity index (χ0) is 16.6. The average Bonchev–Trinajstić information content (AvgIpc) is 2.25. The van der Waals surface area contributed by atoms with Crippen molar-refractivity contribution in [2.24, 2.45) is 0 Å². The number of ether oxygens (including phenoxy) is 2. The molecule has 0 radical (unpaired) electrons. The molecular weight excluding hydrogens is 316 g/mol. The molecule has 0 heterocycles. The molecule has 7 heteroatoms. The van der Waals surface area contributed by atoms with Crippen molar-refractivity contribution in [3.63, 3.8) is 0 Å². The molecule has 0 saturated carbocycles. The first-order valence-electron chi connectivity index (χ1n) is 8.09. The summed E-state index contributed by atoms with van der Waals surface area (Å²) in [5.41, 5.74) is 0. The third-order valence-corrected chi connectivity index (χ3v) is 14.3. The van der Waals surface area contributed by atoms with Gasteiger partial charge >= 0.3 is 8.56 Å². The number of hydrogen-bond acceptors (Lipinski definition) is 4. The molecule has 0 rings (SSSR count). The second-order valence-corrected chi connectivity index (χ2v) is 19.5. The summed E-state index contributed by atoms with van der Waals surface area (Å²) in [6.45, 7) is 20.6. The number of hydrogen-bond donors (Lipinski definition) is 0. The van der Waals surface area contributed by atoms with Crippen molar-refractivity contribution in [1.82, 2.24) is 0 Å². The fourth-order valence-corrected chi connectivity index (χ4v) is 15.7. The molecule has 0 aliphatic heterocycles. The van der Waals surface area contributed by atoms with E-state index in [9.17, 15) is 0 Å². The Hall–Kier alpha value is 0.491. The van der Waals surface area contributed by atoms with Gasteiger partial charge in [-0.1, -0.05) is 0 Å². The van der Waals surface area contributed by atoms with Crippen LogP contribution in [0.5, 0.6) is 0 Å². The predicted molar refractivity (Wildman–Crippen MR) is 97.2 cm³/mol. The molecule has 0 aromatic rings. The van der Waals surface area contributed by atoms with Crippen LogP contribution in [0.2, 0.25) is 51.4 Å². The molecule has 0 aromatic carbocycles. The Bertz CT molecular complexity index is 257. The Morgan fingerprint density at radius 2 is 0.952 bits per heavy atom. The first-order chi connectivity index (χ1) is 9.54. The van der Waals surface area contributed by atoms with Crippen molar-refractivity contribution in [2.45, 2.75) is 65.2 Å². The highest BCUT2D eigenvalue weighted by Crippen LogP contribution is 2.24. The molecule has 0 N–H and O–H groups in total. The summed E-state index contributed by atoms with van der Waals surface area (Å²) >= 11 is 0. The van der Waals surface area contributed by atoms with E-state index in [2.05, 4.69) is 39.3 Å². The molecule has 128 valence electrons. The summed E-state index contributed by atoms with van der Waals surface area (Å²) < 4.78 is 23.9. The zero-order valence-electron chi connectivity index (χ0n) is 15.4. The van der Waals surface area contributed by atoms with Gasteiger partial charge in [-0.3, -0.25) is 0 Å². The van der Waals surface area contributed by atoms with Gasteiger partial charge in [0.1, 0.15) is 0 Å². The van der Waals surface area contributed by atoms with Gasteiger partial charge in [0.05, 0.1) is 0 Å². The second kappa shape index (κ2) is 9.59. The van der Waals surface area contributed by atoms with Crippen molar-refractivity contribution in [3.05, 3.63) is 0 Å². The van der Waals surface area contributed by atoms with Gasteiger partial charge in [-0.15, -0.1) is 0 Å². The summed E-state index contributed by atoms with van der Waals surface area (Å²) in [4.78, 5) is 0. The lowest BCUT2D eigenvalue weighted by atomic mass is 10.8. The van der Waals surface area contributed by atoms with Crippen molar-refractivity contribution in [3.8, 4) is 0 Å². The van der Waals surface area contributed by atoms with E-state index in [0.717, 1.165) is 38.5 Å². The third-order valence-electron chi connectivity index (χ3n) is 3.15. The maximum atomic E-state index is 6.48. The topological polar surface area (TPSA) is 36.9 Å². The molecule has 0 bridgehead atoms. The molecule has 21 heavy (non-hydrogen) atoms. The molecule has 0 aliphatic carbocycles. The normalized spacial score (nSPS) is 13.7. The molecule has 0 atom stereocenters. The van der Waals surface area contributed by atoms with Crippen LogP contribution < -0.4 is 0 Å². The monoisotopic (exact) mass is 352 g/mol. The fraction of sp³-hybridized carbons (Fsp3) is 1.00. The van der Waals surface area contributed by atoms with Gasteiger partial charge in [0, 0.05) is 26.4 Å². The van der Waals surface area contributed by atoms with Crippen LogP contribution >= 0.6 is 0 Å². The first kappa shape index (κ1) is 21.5. The maximum Gasteiger partial charge on any atom is 0.311 e. The largest absolute Gasteiger partial charge is 0.436 e. The summed E-state index contributed by atoms with van der Waals surface area (Å²) in [6.07, 6.45) is 0. The van der Waals surface area contributed by atoms with E-state index in [-0.39, 0.29) is 0 Å². The first-order valence-corrected chi connectivity index (χ1v) is 17.1. The van der Waals surface area contributed by atoms with E-state index in [1.54, 1.807) is 0 Å². The molecule has 0 fully saturated rings. The van der Waals surface area contributed by atoms with Gasteiger partial charge < -0.3 is 17.7 Å². The van der Waals surface area contributed by atoms with Gasteiger partial charge in [0.15, 0.2) is 16.6 Å². The van der Waals surface area contributed by atoms with E-state index in [4.69, 9.17) is 17.7 Å². The molecular formula is C14H36O4Si3. The highest BCUT2D eigenvalue weighted by molar-refractivity contribution is 6.87. The third kappa shape index (κ3) is 11.7. The summed E-state index contributed by atoms with van der Waals surface area (Å²) in [6, 6.07) is 2.06. The predicted octanol–water partition coefficient (Wildman–Crippen LogP) is 4.20. The Kier molecular flexibility index (Phi) is 9.81. The van der Waals surface area contributed by atoms with Crippen molar-refractivity contribution in [2.75, 3.05) is 26.4 Å². The second-order valence-electron chi connectivity index (χ2n) is 7.02. The van der Waals surface area contributed by atoms with E-state index in [0.29, 0.717) is 0 Å². The molecule has 0 saturated heterocycles. The van der Waals surface area contributed by atoms with Crippen LogP contribution in [0.3, 0.4) is 0 Å². The maximum absolute atomic E-state index is 6.48. The van der Waals surface area contributed by atoms with Crippen molar-refractivity contribution < 1.29 is 17.7 Å². The van der Waals surface area contributed by atoms with E-state index in [1.165, 1.54) is 0 Å². The lowest BCUT2D eigenvalue weighted by Gasteiger charge is -2.38. The summed E-state index contributed by atoms with van der Waals surface area (Å²) in [5.74, 6) is 0. The SMILES string of the molecule is CCOCC[Si](C)(C)O[Si](C)(C)O[Si](C)(C)CCOCC. The van der Waals surface area contributed by atoms with Crippen LogP contribution in [0.15, 0.2) is 0 Å². The van der Waals surface area contributed by atoms with Gasteiger partial charge in [0.25, 0.3) is 0 Å². The standard InChI is InChI=1S/C14H36O4Si3/c1-9-15-11-13-19(3,4)17-21(7,8)18-20(5,6)14-12-16-10-2/h9-14H2,1-8H3. The van der Waals surface area contributed by atoms with Crippen LogP contribution in [-0.2, 0) is 17.7 Å². The molecule has 0 spiro atoms. The highest BCUT2D eigenvalue weighted by atomic mass is 28.5. The minimum Gasteiger partial charge on any atom is -0.436 e. The van der Waals surface area contributed by atoms with Gasteiger partial charge in [-0.05, 0) is 65.2 Å². The quantitative estimate of drug-likeness (QED) is 0.389. The van der Waals surface area contributed by atoms with Gasteiger partial charge in [-0.2, -0.15) is 0 Å². The van der Waals surface area contributed by atoms with Gasteiger partial charge in [0.2, 0.25) is 0 Å². The zero-order valence-corrected chi connectivity index (χ0v) is 18.4. The van der Waals surface area contributed by atoms with Gasteiger partial charge in [-0.25, -0.2) is 0 Å². The van der Waals surface area contributed by atoms with Crippen LogP contribution in [0.25, 0.3) is 0 Å². The van der Waals surface area contributed by atoms with E-state index >= 15 is 0 Å². The molecule has 0 aromatic heterocycles. The average molecular weight is 353 g/mol. The lowest BCUT2D eigenvalue weighted by Crippen LogP contribution is -2.52. The van der Waals surface area contributed by atoms with Crippen LogP contribution in [0.4, 0.5) is 0 Å². The van der Waals surface area contributed by atoms with Crippen LogP contribution in [0.1, 0.15) is 13.8 Å². The molecule has 0 aliphatic rings. The fourth-order valence-electron chi connectivity index (χ4n) is 2.38. The smallest absolute Gasteiger partial charge is 0.311 e. The molecule has 0 amide bonds. The lowest BCUT2D eigenvalue weighted by molar-refractivity contribution is 0.158. The number of rotatable bonds is 12. The summed E-state index contributed by atoms with van der Waals surface area (Å²) in [7, 11) is -5.50. The van der Waals surface area contributed by atoms with Crippen LogP contribution in [-0.4, -0.2) is 51.6 Å². The van der Waals surface area contributed by atoms with Crippen LogP contribution in [0, 0.1) is 0 Å². The Labute approximate surface area is 135 Å². The van der Waals surface area contributed by atoms with E-state index < -0.39 is 25.2 Å². The summed E-state index contributed by atoms with van der Waals surface area (Å²) in [5, 5.41) is 0. The van der Waals surface area contributed by atoms with Crippen molar-refractivity contribution >= 4 is 25.2 Å². The Morgan fingerprint density at radius 3 is 1.24 bits per heavy atom. The highest BCUT2D eigenvalue weighted by Gasteiger charge is 2.39. The molecule has 4 nitrogen and oxygen atoms in total. The minimum atomic E-state index is -2.08.